The Morgan fingerprint density at radius 1 is 1.33 bits per heavy atom. The number of hydrogen-bond acceptors (Lipinski definition) is 2. The number of methoxy groups -OCH3 is 1. The summed E-state index contributed by atoms with van der Waals surface area (Å²) >= 11 is 0. The van der Waals surface area contributed by atoms with Crippen LogP contribution in [0.3, 0.4) is 0 Å². The number of alkyl halides is 3. The molecule has 1 atom stereocenters. The third-order valence-electron chi connectivity index (χ3n) is 0.548. The van der Waals surface area contributed by atoms with Gasteiger partial charge in [-0.25, -0.2) is 4.39 Å². The van der Waals surface area contributed by atoms with Crippen LogP contribution in [-0.4, -0.2) is 26.7 Å². The zero-order chi connectivity index (χ0) is 7.28. The topological polar surface area (TPSA) is 18.5 Å². The third-order valence-corrected chi connectivity index (χ3v) is 0.548. The standard InChI is InChI=1S/C4H7F3O2/c1-8-2-3(5)9-4(6)7/h3-4H,2H2,1H3. The fourth-order valence-corrected chi connectivity index (χ4v) is 0.282. The average Bonchev–Trinajstić information content (AvgIpc) is 1.63. The third kappa shape index (κ3) is 5.58. The van der Waals surface area contributed by atoms with Crippen LogP contribution < -0.4 is 0 Å². The van der Waals surface area contributed by atoms with E-state index in [9.17, 15) is 13.2 Å². The SMILES string of the molecule is COCC(F)OC(F)F. The van der Waals surface area contributed by atoms with Crippen LogP contribution in [0.1, 0.15) is 0 Å². The van der Waals surface area contributed by atoms with Crippen molar-refractivity contribution in [1.82, 2.24) is 0 Å². The summed E-state index contributed by atoms with van der Waals surface area (Å²) in [6.45, 7) is -3.54. The first-order valence-electron chi connectivity index (χ1n) is 2.23. The molecule has 0 spiro atoms. The Morgan fingerprint density at radius 3 is 2.22 bits per heavy atom. The minimum atomic E-state index is -3.07. The molecule has 0 radical (unpaired) electrons. The van der Waals surface area contributed by atoms with E-state index < -0.39 is 19.6 Å². The molecular weight excluding hydrogens is 137 g/mol. The molecule has 0 N–H and O–H groups in total. The molecular formula is C4H7F3O2. The number of halogens is 3. The Kier molecular flexibility index (Phi) is 4.43. The van der Waals surface area contributed by atoms with Crippen LogP contribution in [0.2, 0.25) is 0 Å². The maximum atomic E-state index is 11.8. The van der Waals surface area contributed by atoms with Gasteiger partial charge in [-0.3, -0.25) is 4.74 Å². The summed E-state index contributed by atoms with van der Waals surface area (Å²) < 4.78 is 41.5. The van der Waals surface area contributed by atoms with Gasteiger partial charge in [0.2, 0.25) is 6.36 Å². The van der Waals surface area contributed by atoms with Gasteiger partial charge in [-0.2, -0.15) is 8.78 Å². The fraction of sp³-hybridized carbons (Fsp3) is 1.00. The molecule has 0 bridgehead atoms. The molecule has 0 aliphatic rings. The summed E-state index contributed by atoms with van der Waals surface area (Å²) in [4.78, 5) is 0. The Hall–Kier alpha value is -0.290. The molecule has 5 heteroatoms. The van der Waals surface area contributed by atoms with E-state index in [1.54, 1.807) is 0 Å². The highest BCUT2D eigenvalue weighted by Gasteiger charge is 2.11. The van der Waals surface area contributed by atoms with Crippen molar-refractivity contribution in [3.05, 3.63) is 0 Å². The monoisotopic (exact) mass is 144 g/mol. The fourth-order valence-electron chi connectivity index (χ4n) is 0.282. The first kappa shape index (κ1) is 8.71. The van der Waals surface area contributed by atoms with Crippen molar-refractivity contribution < 1.29 is 22.6 Å². The zero-order valence-corrected chi connectivity index (χ0v) is 4.81. The highest BCUT2D eigenvalue weighted by Crippen LogP contribution is 2.02. The van der Waals surface area contributed by atoms with Crippen molar-refractivity contribution in [2.45, 2.75) is 13.0 Å². The van der Waals surface area contributed by atoms with E-state index in [2.05, 4.69) is 9.47 Å². The van der Waals surface area contributed by atoms with E-state index in [1.807, 2.05) is 0 Å². The quantitative estimate of drug-likeness (QED) is 0.589. The molecule has 0 fully saturated rings. The van der Waals surface area contributed by atoms with Gasteiger partial charge in [-0.1, -0.05) is 0 Å². The molecule has 0 heterocycles. The normalized spacial score (nSPS) is 14.3. The van der Waals surface area contributed by atoms with E-state index >= 15 is 0 Å². The minimum absolute atomic E-state index is 0.468. The highest BCUT2D eigenvalue weighted by molar-refractivity contribution is 4.33. The molecule has 2 nitrogen and oxygen atoms in total. The number of hydrogen-bond donors (Lipinski definition) is 0. The predicted octanol–water partition coefficient (Wildman–Crippen LogP) is 1.17. The van der Waals surface area contributed by atoms with Gasteiger partial charge in [-0.05, 0) is 0 Å². The summed E-state index contributed by atoms with van der Waals surface area (Å²) in [5, 5.41) is 0. The summed E-state index contributed by atoms with van der Waals surface area (Å²) in [6.07, 6.45) is -2.03. The lowest BCUT2D eigenvalue weighted by Crippen LogP contribution is -2.16. The van der Waals surface area contributed by atoms with E-state index in [0.717, 1.165) is 0 Å². The first-order valence-corrected chi connectivity index (χ1v) is 2.23. The second-order valence-corrected chi connectivity index (χ2v) is 1.26. The molecule has 0 saturated heterocycles. The van der Waals surface area contributed by atoms with Crippen molar-refractivity contribution in [3.8, 4) is 0 Å². The van der Waals surface area contributed by atoms with E-state index in [0.29, 0.717) is 0 Å². The lowest BCUT2D eigenvalue weighted by atomic mass is 10.7. The molecule has 0 rings (SSSR count). The second kappa shape index (κ2) is 4.58. The van der Waals surface area contributed by atoms with Gasteiger partial charge in [0.1, 0.15) is 6.61 Å². The summed E-state index contributed by atoms with van der Waals surface area (Å²) in [7, 11) is 1.20. The van der Waals surface area contributed by atoms with E-state index in [4.69, 9.17) is 0 Å². The minimum Gasteiger partial charge on any atom is -0.379 e. The van der Waals surface area contributed by atoms with Crippen LogP contribution >= 0.6 is 0 Å². The van der Waals surface area contributed by atoms with Crippen molar-refractivity contribution in [2.75, 3.05) is 13.7 Å². The van der Waals surface area contributed by atoms with Crippen LogP contribution in [0.4, 0.5) is 13.2 Å². The summed E-state index contributed by atoms with van der Waals surface area (Å²) in [5.41, 5.74) is 0. The van der Waals surface area contributed by atoms with Crippen LogP contribution in [0.15, 0.2) is 0 Å². The van der Waals surface area contributed by atoms with Gasteiger partial charge < -0.3 is 4.74 Å². The summed E-state index contributed by atoms with van der Waals surface area (Å²) in [5.74, 6) is 0. The van der Waals surface area contributed by atoms with Crippen molar-refractivity contribution in [3.63, 3.8) is 0 Å². The molecule has 0 aromatic heterocycles. The molecule has 9 heavy (non-hydrogen) atoms. The van der Waals surface area contributed by atoms with Crippen LogP contribution in [0, 0.1) is 0 Å². The van der Waals surface area contributed by atoms with Gasteiger partial charge in [0, 0.05) is 7.11 Å². The van der Waals surface area contributed by atoms with Gasteiger partial charge >= 0.3 is 6.61 Å². The van der Waals surface area contributed by atoms with Gasteiger partial charge in [0.05, 0.1) is 0 Å². The molecule has 0 aliphatic carbocycles. The van der Waals surface area contributed by atoms with Gasteiger partial charge in [-0.15, -0.1) is 0 Å². The Bertz CT molecular complexity index is 68.8. The van der Waals surface area contributed by atoms with Gasteiger partial charge in [0.15, 0.2) is 0 Å². The number of rotatable bonds is 4. The average molecular weight is 144 g/mol. The smallest absolute Gasteiger partial charge is 0.347 e. The highest BCUT2D eigenvalue weighted by atomic mass is 19.3. The first-order chi connectivity index (χ1) is 4.16. The molecule has 0 aromatic carbocycles. The van der Waals surface area contributed by atoms with Crippen LogP contribution in [0.5, 0.6) is 0 Å². The van der Waals surface area contributed by atoms with Crippen LogP contribution in [0.25, 0.3) is 0 Å². The molecule has 0 aliphatic heterocycles. The molecule has 0 aromatic rings. The van der Waals surface area contributed by atoms with Crippen LogP contribution in [-0.2, 0) is 9.47 Å². The van der Waals surface area contributed by atoms with Gasteiger partial charge in [0.25, 0.3) is 0 Å². The largest absolute Gasteiger partial charge is 0.379 e. The Labute approximate surface area is 50.6 Å². The number of ether oxygens (including phenoxy) is 2. The lowest BCUT2D eigenvalue weighted by Gasteiger charge is -2.05. The van der Waals surface area contributed by atoms with E-state index in [1.165, 1.54) is 7.11 Å². The predicted molar refractivity (Wildman–Crippen MR) is 23.9 cm³/mol. The Balaban J connectivity index is 3.15. The maximum Gasteiger partial charge on any atom is 0.347 e. The van der Waals surface area contributed by atoms with Crippen molar-refractivity contribution in [1.29, 1.82) is 0 Å². The maximum absolute atomic E-state index is 11.8. The zero-order valence-electron chi connectivity index (χ0n) is 4.81. The molecule has 56 valence electrons. The lowest BCUT2D eigenvalue weighted by molar-refractivity contribution is -0.212. The summed E-state index contributed by atoms with van der Waals surface area (Å²) in [6, 6.07) is 0. The molecule has 1 unspecified atom stereocenters. The van der Waals surface area contributed by atoms with Crippen molar-refractivity contribution in [2.24, 2.45) is 0 Å². The van der Waals surface area contributed by atoms with E-state index in [-0.39, 0.29) is 0 Å². The Morgan fingerprint density at radius 2 is 1.89 bits per heavy atom. The molecule has 0 amide bonds. The van der Waals surface area contributed by atoms with Crippen molar-refractivity contribution >= 4 is 0 Å². The second-order valence-electron chi connectivity index (χ2n) is 1.26. The molecule has 0 saturated carbocycles.